The van der Waals surface area contributed by atoms with Gasteiger partial charge in [0.1, 0.15) is 0 Å². The maximum atomic E-state index is 5.18. The van der Waals surface area contributed by atoms with Gasteiger partial charge in [-0.15, -0.1) is 0 Å². The van der Waals surface area contributed by atoms with Crippen molar-refractivity contribution in [2.45, 2.75) is 19.3 Å². The summed E-state index contributed by atoms with van der Waals surface area (Å²) in [5.41, 5.74) is 3.07. The van der Waals surface area contributed by atoms with Gasteiger partial charge in [0.2, 0.25) is 0 Å². The van der Waals surface area contributed by atoms with Crippen LogP contribution in [0.2, 0.25) is 0 Å². The van der Waals surface area contributed by atoms with Gasteiger partial charge < -0.3 is 4.84 Å². The van der Waals surface area contributed by atoms with Crippen LogP contribution in [0.3, 0.4) is 0 Å². The molecule has 0 aliphatic rings. The smallest absolute Gasteiger partial charge is 0.0771 e. The highest BCUT2D eigenvalue weighted by molar-refractivity contribution is 5.63. The predicted octanol–water partition coefficient (Wildman–Crippen LogP) is 2.24. The number of aromatic amines is 1. The molecular weight excluding hydrogens is 214 g/mol. The highest BCUT2D eigenvalue weighted by Gasteiger charge is 2.26. The second kappa shape index (κ2) is 4.69. The van der Waals surface area contributed by atoms with E-state index in [1.807, 2.05) is 24.4 Å². The predicted molar refractivity (Wildman–Crippen MR) is 67.2 cm³/mol. The highest BCUT2D eigenvalue weighted by Crippen LogP contribution is 2.31. The number of H-pyrrole nitrogens is 1. The van der Waals surface area contributed by atoms with E-state index in [-0.39, 0.29) is 5.41 Å². The number of rotatable bonds is 4. The Labute approximate surface area is 101 Å². The first-order valence-corrected chi connectivity index (χ1v) is 5.56. The fourth-order valence-corrected chi connectivity index (χ4v) is 1.91. The first-order chi connectivity index (χ1) is 8.15. The molecule has 0 saturated heterocycles. The van der Waals surface area contributed by atoms with Gasteiger partial charge in [0.15, 0.2) is 0 Å². The fraction of sp³-hybridized carbons (Fsp3) is 0.308. The van der Waals surface area contributed by atoms with Crippen LogP contribution < -0.4 is 5.90 Å². The Morgan fingerprint density at radius 3 is 2.65 bits per heavy atom. The normalized spacial score (nSPS) is 11.7. The molecule has 0 aliphatic heterocycles. The van der Waals surface area contributed by atoms with Gasteiger partial charge in [-0.3, -0.25) is 5.10 Å². The van der Waals surface area contributed by atoms with E-state index in [1.165, 1.54) is 0 Å². The van der Waals surface area contributed by atoms with Crippen molar-refractivity contribution in [3.63, 3.8) is 0 Å². The first kappa shape index (κ1) is 11.8. The summed E-state index contributed by atoms with van der Waals surface area (Å²) >= 11 is 0. The van der Waals surface area contributed by atoms with E-state index in [0.717, 1.165) is 16.8 Å². The van der Waals surface area contributed by atoms with E-state index in [1.54, 1.807) is 0 Å². The molecule has 17 heavy (non-hydrogen) atoms. The van der Waals surface area contributed by atoms with Crippen molar-refractivity contribution in [2.24, 2.45) is 5.90 Å². The molecule has 0 amide bonds. The Morgan fingerprint density at radius 1 is 1.29 bits per heavy atom. The average Bonchev–Trinajstić information content (AvgIpc) is 2.79. The van der Waals surface area contributed by atoms with Crippen LogP contribution in [0.1, 0.15) is 19.4 Å². The van der Waals surface area contributed by atoms with Gasteiger partial charge >= 0.3 is 0 Å². The quantitative estimate of drug-likeness (QED) is 0.793. The largest absolute Gasteiger partial charge is 0.304 e. The number of nitrogens with zero attached hydrogens (tertiary/aromatic N) is 1. The molecule has 0 bridgehead atoms. The summed E-state index contributed by atoms with van der Waals surface area (Å²) in [5.74, 6) is 5.18. The minimum atomic E-state index is -0.174. The molecule has 1 aromatic carbocycles. The average molecular weight is 231 g/mol. The van der Waals surface area contributed by atoms with Crippen LogP contribution in [0.25, 0.3) is 11.3 Å². The van der Waals surface area contributed by atoms with Gasteiger partial charge in [0.05, 0.1) is 18.5 Å². The second-order valence-corrected chi connectivity index (χ2v) is 4.72. The van der Waals surface area contributed by atoms with Crippen molar-refractivity contribution < 1.29 is 4.84 Å². The summed E-state index contributed by atoms with van der Waals surface area (Å²) in [7, 11) is 0. The monoisotopic (exact) mass is 231 g/mol. The number of benzene rings is 1. The maximum absolute atomic E-state index is 5.18. The molecule has 0 saturated carbocycles. The van der Waals surface area contributed by atoms with Crippen molar-refractivity contribution in [1.82, 2.24) is 10.2 Å². The van der Waals surface area contributed by atoms with E-state index < -0.39 is 0 Å². The van der Waals surface area contributed by atoms with E-state index in [4.69, 9.17) is 10.7 Å². The molecule has 2 aromatic rings. The topological polar surface area (TPSA) is 63.9 Å². The number of aromatic nitrogens is 2. The maximum Gasteiger partial charge on any atom is 0.0771 e. The van der Waals surface area contributed by atoms with Gasteiger partial charge in [0.25, 0.3) is 0 Å². The van der Waals surface area contributed by atoms with E-state index in [0.29, 0.717) is 6.61 Å². The van der Waals surface area contributed by atoms with Crippen LogP contribution in [-0.4, -0.2) is 16.8 Å². The standard InChI is InChI=1S/C13H17N3O/c1-13(2,9-17-14)11-8-15-16-12(11)10-6-4-3-5-7-10/h3-8H,9,14H2,1-2H3,(H,15,16). The number of nitrogens with two attached hydrogens (primary N) is 1. The van der Waals surface area contributed by atoms with Gasteiger partial charge in [-0.25, -0.2) is 5.90 Å². The lowest BCUT2D eigenvalue weighted by Crippen LogP contribution is -2.26. The van der Waals surface area contributed by atoms with Gasteiger partial charge in [0, 0.05) is 11.0 Å². The Kier molecular flexibility index (Phi) is 3.26. The van der Waals surface area contributed by atoms with E-state index >= 15 is 0 Å². The minimum Gasteiger partial charge on any atom is -0.304 e. The van der Waals surface area contributed by atoms with Crippen LogP contribution in [0, 0.1) is 0 Å². The third kappa shape index (κ3) is 2.38. The fourth-order valence-electron chi connectivity index (χ4n) is 1.91. The highest BCUT2D eigenvalue weighted by atomic mass is 16.6. The van der Waals surface area contributed by atoms with Gasteiger partial charge in [-0.1, -0.05) is 44.2 Å². The molecule has 0 aliphatic carbocycles. The third-order valence-electron chi connectivity index (χ3n) is 2.88. The van der Waals surface area contributed by atoms with Crippen LogP contribution in [0.4, 0.5) is 0 Å². The first-order valence-electron chi connectivity index (χ1n) is 5.56. The number of hydrogen-bond acceptors (Lipinski definition) is 3. The molecule has 90 valence electrons. The Morgan fingerprint density at radius 2 is 2.00 bits per heavy atom. The van der Waals surface area contributed by atoms with Crippen molar-refractivity contribution in [3.05, 3.63) is 42.1 Å². The summed E-state index contributed by atoms with van der Waals surface area (Å²) < 4.78 is 0. The van der Waals surface area contributed by atoms with Crippen LogP contribution >= 0.6 is 0 Å². The van der Waals surface area contributed by atoms with Crippen molar-refractivity contribution in [1.29, 1.82) is 0 Å². The minimum absolute atomic E-state index is 0.174. The Hall–Kier alpha value is -1.65. The summed E-state index contributed by atoms with van der Waals surface area (Å²) in [6, 6.07) is 10.1. The molecule has 1 aromatic heterocycles. The Bertz CT molecular complexity index is 476. The van der Waals surface area contributed by atoms with Gasteiger partial charge in [-0.2, -0.15) is 5.10 Å². The summed E-state index contributed by atoms with van der Waals surface area (Å²) in [4.78, 5) is 4.78. The zero-order valence-electron chi connectivity index (χ0n) is 10.1. The van der Waals surface area contributed by atoms with Gasteiger partial charge in [-0.05, 0) is 5.56 Å². The molecule has 1 heterocycles. The molecule has 0 atom stereocenters. The molecule has 0 fully saturated rings. The molecule has 2 rings (SSSR count). The van der Waals surface area contributed by atoms with E-state index in [2.05, 4.69) is 36.2 Å². The third-order valence-corrected chi connectivity index (χ3v) is 2.88. The zero-order chi connectivity index (χ0) is 12.3. The second-order valence-electron chi connectivity index (χ2n) is 4.72. The lowest BCUT2D eigenvalue weighted by Gasteiger charge is -2.23. The van der Waals surface area contributed by atoms with Crippen LogP contribution in [0.5, 0.6) is 0 Å². The van der Waals surface area contributed by atoms with E-state index in [9.17, 15) is 0 Å². The van der Waals surface area contributed by atoms with Crippen LogP contribution in [-0.2, 0) is 10.3 Å². The molecule has 3 N–H and O–H groups in total. The van der Waals surface area contributed by atoms with Crippen molar-refractivity contribution in [3.8, 4) is 11.3 Å². The van der Waals surface area contributed by atoms with Crippen molar-refractivity contribution >= 4 is 0 Å². The van der Waals surface area contributed by atoms with Crippen LogP contribution in [0.15, 0.2) is 36.5 Å². The lowest BCUT2D eigenvalue weighted by molar-refractivity contribution is 0.0966. The molecule has 0 spiro atoms. The molecular formula is C13H17N3O. The molecule has 4 nitrogen and oxygen atoms in total. The summed E-state index contributed by atoms with van der Waals surface area (Å²) in [6.07, 6.45) is 1.83. The summed E-state index contributed by atoms with van der Waals surface area (Å²) in [5, 5.41) is 7.17. The number of nitrogens with one attached hydrogen (secondary N) is 1. The molecule has 4 heteroatoms. The number of hydrogen-bond donors (Lipinski definition) is 2. The zero-order valence-corrected chi connectivity index (χ0v) is 10.1. The lowest BCUT2D eigenvalue weighted by atomic mass is 9.84. The summed E-state index contributed by atoms with van der Waals surface area (Å²) in [6.45, 7) is 4.61. The van der Waals surface area contributed by atoms with Crippen molar-refractivity contribution in [2.75, 3.05) is 6.61 Å². The Balaban J connectivity index is 2.42. The molecule has 0 unspecified atom stereocenters. The SMILES string of the molecule is CC(C)(CON)c1cn[nH]c1-c1ccccc1. The molecule has 0 radical (unpaired) electrons.